The average molecular weight is 623 g/mol. The summed E-state index contributed by atoms with van der Waals surface area (Å²) >= 11 is 0. The van der Waals surface area contributed by atoms with Crippen LogP contribution in [0.2, 0.25) is 23.2 Å². The van der Waals surface area contributed by atoms with E-state index in [9.17, 15) is 9.59 Å². The number of benzene rings is 2. The third-order valence-electron chi connectivity index (χ3n) is 8.87. The van der Waals surface area contributed by atoms with Crippen LogP contribution in [0.1, 0.15) is 47.8 Å². The first-order valence-corrected chi connectivity index (χ1v) is 19.3. The van der Waals surface area contributed by atoms with E-state index < -0.39 is 52.0 Å². The number of nitrogens with zero attached hydrogens (tertiary/aromatic N) is 1. The molecule has 43 heavy (non-hydrogen) atoms. The van der Waals surface area contributed by atoms with E-state index in [2.05, 4.69) is 76.7 Å². The molecule has 230 valence electrons. The van der Waals surface area contributed by atoms with E-state index >= 15 is 4.39 Å². The van der Waals surface area contributed by atoms with Crippen molar-refractivity contribution in [2.24, 2.45) is 0 Å². The van der Waals surface area contributed by atoms with Gasteiger partial charge in [-0.05, 0) is 33.5 Å². The molecule has 0 radical (unpaired) electrons. The van der Waals surface area contributed by atoms with E-state index in [1.54, 1.807) is 0 Å². The second kappa shape index (κ2) is 11.8. The lowest BCUT2D eigenvalue weighted by Gasteiger charge is -2.46. The van der Waals surface area contributed by atoms with Gasteiger partial charge in [-0.1, -0.05) is 108 Å². The largest absolute Gasteiger partial charge is 0.407 e. The molecule has 10 heteroatoms. The number of H-pyrrole nitrogens is 1. The standard InChI is InChI=1S/C33H43FN2O5Si2/c1-10-33(23-39-43(32(5,6)7,24-17-13-11-14-18-24)25-19-15-12-16-20-25)28(41-42(8,9)31(2,3)4)27(34)29(40-33)36-22-21-26(37)35-30(36)38/h1,11-22,27-29H,23H2,2-9H3,(H,35,37,38)/t27-,28-,29+,33+/m0/s1. The molecule has 4 rings (SSSR count). The predicted molar refractivity (Wildman–Crippen MR) is 174 cm³/mol. The van der Waals surface area contributed by atoms with E-state index in [4.69, 9.17) is 20.0 Å². The van der Waals surface area contributed by atoms with Crippen molar-refractivity contribution >= 4 is 27.0 Å². The minimum Gasteiger partial charge on any atom is -0.407 e. The van der Waals surface area contributed by atoms with Crippen LogP contribution < -0.4 is 21.6 Å². The molecule has 7 nitrogen and oxygen atoms in total. The SMILES string of the molecule is C#C[C@]1(CO[Si](c2ccccc2)(c2ccccc2)C(C)(C)C)O[C@@H](n2ccc(=O)[nH]c2=O)[C@@H](F)[C@@H]1O[Si](C)(C)C(C)(C)C. The highest BCUT2D eigenvalue weighted by atomic mass is 28.4. The second-order valence-electron chi connectivity index (χ2n) is 13.8. The molecule has 0 bridgehead atoms. The summed E-state index contributed by atoms with van der Waals surface area (Å²) in [6.07, 6.45) is 2.98. The van der Waals surface area contributed by atoms with E-state index in [1.807, 2.05) is 49.5 Å². The second-order valence-corrected chi connectivity index (χ2v) is 22.8. The summed E-state index contributed by atoms with van der Waals surface area (Å²) in [4.78, 5) is 26.8. The number of ether oxygens (including phenoxy) is 1. The molecule has 0 spiro atoms. The maximum Gasteiger partial charge on any atom is 0.330 e. The summed E-state index contributed by atoms with van der Waals surface area (Å²) in [7, 11) is -5.72. The van der Waals surface area contributed by atoms with Crippen LogP contribution in [0.15, 0.2) is 82.5 Å². The monoisotopic (exact) mass is 622 g/mol. The van der Waals surface area contributed by atoms with Gasteiger partial charge in [0.15, 0.2) is 26.3 Å². The molecule has 1 aromatic heterocycles. The molecular weight excluding hydrogens is 580 g/mol. The van der Waals surface area contributed by atoms with Gasteiger partial charge in [0.1, 0.15) is 6.10 Å². The zero-order chi connectivity index (χ0) is 31.8. The molecule has 0 amide bonds. The summed E-state index contributed by atoms with van der Waals surface area (Å²) in [5.41, 5.74) is -3.07. The van der Waals surface area contributed by atoms with Crippen LogP contribution in [-0.4, -0.2) is 50.7 Å². The van der Waals surface area contributed by atoms with Gasteiger partial charge in [0.2, 0.25) is 0 Å². The normalized spacial score (nSPS) is 23.2. The quantitative estimate of drug-likeness (QED) is 0.290. The van der Waals surface area contributed by atoms with Gasteiger partial charge in [-0.2, -0.15) is 0 Å². The first-order chi connectivity index (χ1) is 20.0. The number of aromatic nitrogens is 2. The molecule has 1 aliphatic heterocycles. The number of terminal acetylenes is 1. The highest BCUT2D eigenvalue weighted by molar-refractivity contribution is 6.99. The highest BCUT2D eigenvalue weighted by Gasteiger charge is 2.61. The van der Waals surface area contributed by atoms with Crippen molar-refractivity contribution in [3.05, 3.63) is 93.8 Å². The van der Waals surface area contributed by atoms with Crippen molar-refractivity contribution < 1.29 is 18.0 Å². The molecule has 4 atom stereocenters. The maximum absolute atomic E-state index is 16.7. The van der Waals surface area contributed by atoms with Crippen molar-refractivity contribution in [1.82, 2.24) is 9.55 Å². The lowest BCUT2D eigenvalue weighted by atomic mass is 9.98. The van der Waals surface area contributed by atoms with Crippen molar-refractivity contribution in [3.63, 3.8) is 0 Å². The third-order valence-corrected chi connectivity index (χ3v) is 18.3. The predicted octanol–water partition coefficient (Wildman–Crippen LogP) is 4.74. The van der Waals surface area contributed by atoms with Gasteiger partial charge in [0.05, 0.1) is 6.61 Å². The highest BCUT2D eigenvalue weighted by Crippen LogP contribution is 2.47. The van der Waals surface area contributed by atoms with Crippen LogP contribution in [0.25, 0.3) is 0 Å². The Balaban J connectivity index is 1.88. The number of alkyl halides is 1. The van der Waals surface area contributed by atoms with Crippen molar-refractivity contribution in [1.29, 1.82) is 0 Å². The Bertz CT molecular complexity index is 1530. The fraction of sp³-hybridized carbons (Fsp3) is 0.455. The van der Waals surface area contributed by atoms with Crippen molar-refractivity contribution in [2.75, 3.05) is 6.61 Å². The van der Waals surface area contributed by atoms with Gasteiger partial charge in [0.25, 0.3) is 13.9 Å². The van der Waals surface area contributed by atoms with Gasteiger partial charge in [0, 0.05) is 12.3 Å². The smallest absolute Gasteiger partial charge is 0.330 e. The van der Waals surface area contributed by atoms with Crippen LogP contribution in [0, 0.1) is 12.3 Å². The van der Waals surface area contributed by atoms with E-state index in [0.29, 0.717) is 0 Å². The first-order valence-electron chi connectivity index (χ1n) is 14.5. The number of aromatic amines is 1. The van der Waals surface area contributed by atoms with Gasteiger partial charge < -0.3 is 13.6 Å². The molecule has 2 heterocycles. The van der Waals surface area contributed by atoms with E-state index in [1.165, 1.54) is 6.20 Å². The number of hydrogen-bond donors (Lipinski definition) is 1. The van der Waals surface area contributed by atoms with E-state index in [0.717, 1.165) is 21.0 Å². The van der Waals surface area contributed by atoms with Crippen molar-refractivity contribution in [3.8, 4) is 12.3 Å². The maximum atomic E-state index is 16.7. The van der Waals surface area contributed by atoms with Crippen LogP contribution in [0.4, 0.5) is 4.39 Å². The number of rotatable bonds is 8. The molecule has 1 aliphatic rings. The minimum atomic E-state index is -3.10. The molecule has 3 aromatic rings. The van der Waals surface area contributed by atoms with Crippen LogP contribution in [-0.2, 0) is 13.6 Å². The zero-order valence-corrected chi connectivity index (χ0v) is 28.3. The average Bonchev–Trinajstić information content (AvgIpc) is 3.20. The van der Waals surface area contributed by atoms with Gasteiger partial charge in [-0.15, -0.1) is 6.42 Å². The Hall–Kier alpha value is -3.08. The topological polar surface area (TPSA) is 82.5 Å². The lowest BCUT2D eigenvalue weighted by Crippen LogP contribution is -2.68. The fourth-order valence-electron chi connectivity index (χ4n) is 5.50. The fourth-order valence-corrected chi connectivity index (χ4v) is 11.4. The Labute approximate surface area is 255 Å². The molecule has 1 fully saturated rings. The summed E-state index contributed by atoms with van der Waals surface area (Å²) in [5, 5.41) is 1.43. The zero-order valence-electron chi connectivity index (χ0n) is 26.3. The minimum absolute atomic E-state index is 0.176. The summed E-state index contributed by atoms with van der Waals surface area (Å²) in [6.45, 7) is 16.5. The molecule has 0 aliphatic carbocycles. The van der Waals surface area contributed by atoms with Gasteiger partial charge in [-0.3, -0.25) is 14.3 Å². The Morgan fingerprint density at radius 1 is 0.953 bits per heavy atom. The summed E-state index contributed by atoms with van der Waals surface area (Å²) < 4.78 is 38.0. The molecule has 1 N–H and O–H groups in total. The Morgan fingerprint density at radius 2 is 1.49 bits per heavy atom. The Morgan fingerprint density at radius 3 is 1.93 bits per heavy atom. The van der Waals surface area contributed by atoms with E-state index in [-0.39, 0.29) is 16.7 Å². The number of halogens is 1. The van der Waals surface area contributed by atoms with Gasteiger partial charge >= 0.3 is 5.69 Å². The van der Waals surface area contributed by atoms with Gasteiger partial charge in [-0.25, -0.2) is 9.18 Å². The summed E-state index contributed by atoms with van der Waals surface area (Å²) in [5.74, 6) is 2.73. The lowest BCUT2D eigenvalue weighted by molar-refractivity contribution is -0.0870. The number of hydrogen-bond acceptors (Lipinski definition) is 5. The van der Waals surface area contributed by atoms with Crippen LogP contribution >= 0.6 is 0 Å². The van der Waals surface area contributed by atoms with Crippen LogP contribution in [0.5, 0.6) is 0 Å². The molecular formula is C33H43FN2O5Si2. The molecule has 1 saturated heterocycles. The Kier molecular flexibility index (Phi) is 9.00. The molecule has 2 aromatic carbocycles. The summed E-state index contributed by atoms with van der Waals surface area (Å²) in [6, 6.07) is 21.3. The molecule has 0 saturated carbocycles. The van der Waals surface area contributed by atoms with Crippen molar-refractivity contribution in [2.45, 2.75) is 88.8 Å². The van der Waals surface area contributed by atoms with Crippen LogP contribution in [0.3, 0.4) is 0 Å². The molecule has 0 unspecified atom stereocenters. The third kappa shape index (κ3) is 6.02. The first kappa shape index (κ1) is 32.8. The number of nitrogens with one attached hydrogen (secondary N) is 1.